The van der Waals surface area contributed by atoms with Crippen LogP contribution in [0.4, 0.5) is 0 Å². The van der Waals surface area contributed by atoms with Gasteiger partial charge in [-0.05, 0) is 83.5 Å². The third-order valence-electron chi connectivity index (χ3n) is 13.1. The Labute approximate surface area is 451 Å². The lowest BCUT2D eigenvalue weighted by atomic mass is 10.0. The molecule has 0 aromatic heterocycles. The lowest BCUT2D eigenvalue weighted by Crippen LogP contribution is -2.30. The molecule has 0 bridgehead atoms. The molecule has 0 aliphatic carbocycles. The van der Waals surface area contributed by atoms with Gasteiger partial charge in [-0.2, -0.15) is 0 Å². The van der Waals surface area contributed by atoms with Gasteiger partial charge in [0.15, 0.2) is 6.10 Å². The van der Waals surface area contributed by atoms with E-state index in [9.17, 15) is 14.4 Å². The van der Waals surface area contributed by atoms with Crippen LogP contribution >= 0.6 is 0 Å². The molecule has 0 saturated heterocycles. The zero-order valence-electron chi connectivity index (χ0n) is 47.9. The standard InChI is InChI=1S/C67H114O6/c1-4-7-10-13-16-19-22-24-26-27-28-29-30-31-32-33-34-35-36-37-38-39-41-42-45-48-51-54-57-60-66(69)72-63-64(62-71-65(68)59-56-53-50-47-44-21-18-15-12-9-6-3)73-67(70)61-58-55-52-49-46-43-40-25-23-20-17-14-11-8-5-2/h7,10,16,19,24,26,28-29,31-32,34-35,37-38,41-42,64H,4-6,8-9,11-15,17-18,20-23,25,27,30,33,36,39-40,43-63H2,1-3H3/b10-7-,19-16-,26-24-,29-28-,32-31-,35-34-,38-37-,42-41-. The molecule has 0 fully saturated rings. The predicted octanol–water partition coefficient (Wildman–Crippen LogP) is 20.9. The van der Waals surface area contributed by atoms with Crippen molar-refractivity contribution < 1.29 is 28.6 Å². The molecule has 0 aromatic carbocycles. The SMILES string of the molecule is CC/C=C\C/C=C\C/C=C\C/C=C\C/C=C\C/C=C\C/C=C\C/C=C\CCCCCCC(=O)OCC(COC(=O)CCCCCCCCCCCCC)OC(=O)CCCCCCCCCCCCCCCCC. The summed E-state index contributed by atoms with van der Waals surface area (Å²) in [5.41, 5.74) is 0. The van der Waals surface area contributed by atoms with Crippen LogP contribution in [-0.4, -0.2) is 37.2 Å². The van der Waals surface area contributed by atoms with Crippen LogP contribution in [0, 0.1) is 0 Å². The Morgan fingerprint density at radius 1 is 0.288 bits per heavy atom. The first-order chi connectivity index (χ1) is 36.0. The minimum Gasteiger partial charge on any atom is -0.462 e. The van der Waals surface area contributed by atoms with Crippen molar-refractivity contribution in [2.75, 3.05) is 13.2 Å². The average Bonchev–Trinajstić information content (AvgIpc) is 3.39. The van der Waals surface area contributed by atoms with Crippen molar-refractivity contribution in [3.63, 3.8) is 0 Å². The Balaban J connectivity index is 4.31. The molecule has 1 unspecified atom stereocenters. The van der Waals surface area contributed by atoms with E-state index in [0.29, 0.717) is 19.3 Å². The topological polar surface area (TPSA) is 78.9 Å². The fourth-order valence-corrected chi connectivity index (χ4v) is 8.52. The van der Waals surface area contributed by atoms with Crippen molar-refractivity contribution >= 4 is 17.9 Å². The van der Waals surface area contributed by atoms with Crippen molar-refractivity contribution in [1.29, 1.82) is 0 Å². The summed E-state index contributed by atoms with van der Waals surface area (Å²) >= 11 is 0. The van der Waals surface area contributed by atoms with E-state index in [4.69, 9.17) is 14.2 Å². The fourth-order valence-electron chi connectivity index (χ4n) is 8.52. The van der Waals surface area contributed by atoms with E-state index >= 15 is 0 Å². The van der Waals surface area contributed by atoms with Gasteiger partial charge in [-0.1, -0.05) is 285 Å². The smallest absolute Gasteiger partial charge is 0.306 e. The molecule has 0 rings (SSSR count). The van der Waals surface area contributed by atoms with Crippen molar-refractivity contribution in [1.82, 2.24) is 0 Å². The molecule has 418 valence electrons. The number of unbranched alkanes of at least 4 members (excludes halogenated alkanes) is 28. The molecule has 0 spiro atoms. The molecular weight excluding hydrogens is 901 g/mol. The van der Waals surface area contributed by atoms with Gasteiger partial charge in [0.1, 0.15) is 13.2 Å². The highest BCUT2D eigenvalue weighted by Gasteiger charge is 2.19. The number of allylic oxidation sites excluding steroid dienone is 16. The highest BCUT2D eigenvalue weighted by molar-refractivity contribution is 5.71. The number of carbonyl (C=O) groups excluding carboxylic acids is 3. The summed E-state index contributed by atoms with van der Waals surface area (Å²) in [5, 5.41) is 0. The maximum Gasteiger partial charge on any atom is 0.306 e. The molecule has 6 nitrogen and oxygen atoms in total. The van der Waals surface area contributed by atoms with E-state index in [2.05, 4.69) is 118 Å². The molecule has 1 atom stereocenters. The number of hydrogen-bond donors (Lipinski definition) is 0. The summed E-state index contributed by atoms with van der Waals surface area (Å²) in [6.07, 6.45) is 81.2. The van der Waals surface area contributed by atoms with Crippen LogP contribution in [0.5, 0.6) is 0 Å². The normalized spacial score (nSPS) is 12.8. The quantitative estimate of drug-likeness (QED) is 0.0261. The van der Waals surface area contributed by atoms with Gasteiger partial charge in [-0.25, -0.2) is 0 Å². The number of esters is 3. The van der Waals surface area contributed by atoms with Crippen LogP contribution in [0.2, 0.25) is 0 Å². The van der Waals surface area contributed by atoms with Gasteiger partial charge >= 0.3 is 17.9 Å². The molecule has 0 N–H and O–H groups in total. The fraction of sp³-hybridized carbons (Fsp3) is 0.716. The summed E-state index contributed by atoms with van der Waals surface area (Å²) in [4.78, 5) is 38.2. The molecule has 0 aliphatic rings. The maximum atomic E-state index is 12.9. The zero-order valence-corrected chi connectivity index (χ0v) is 47.9. The molecular formula is C67H114O6. The summed E-state index contributed by atoms with van der Waals surface area (Å²) in [6, 6.07) is 0. The first-order valence-electron chi connectivity index (χ1n) is 30.7. The van der Waals surface area contributed by atoms with E-state index in [1.54, 1.807) is 0 Å². The number of ether oxygens (including phenoxy) is 3. The second-order valence-corrected chi connectivity index (χ2v) is 20.2. The van der Waals surface area contributed by atoms with E-state index in [-0.39, 0.29) is 31.1 Å². The van der Waals surface area contributed by atoms with Crippen LogP contribution in [0.15, 0.2) is 97.2 Å². The number of carbonyl (C=O) groups is 3. The van der Waals surface area contributed by atoms with Crippen LogP contribution in [0.25, 0.3) is 0 Å². The number of rotatable bonds is 55. The second-order valence-electron chi connectivity index (χ2n) is 20.2. The van der Waals surface area contributed by atoms with Crippen LogP contribution in [-0.2, 0) is 28.6 Å². The van der Waals surface area contributed by atoms with Crippen molar-refractivity contribution in [2.24, 2.45) is 0 Å². The largest absolute Gasteiger partial charge is 0.462 e. The first kappa shape index (κ1) is 69.3. The summed E-state index contributed by atoms with van der Waals surface area (Å²) < 4.78 is 16.9. The monoisotopic (exact) mass is 1010 g/mol. The van der Waals surface area contributed by atoms with Crippen LogP contribution in [0.1, 0.15) is 290 Å². The van der Waals surface area contributed by atoms with Crippen molar-refractivity contribution in [2.45, 2.75) is 297 Å². The van der Waals surface area contributed by atoms with Gasteiger partial charge in [0.05, 0.1) is 0 Å². The highest BCUT2D eigenvalue weighted by atomic mass is 16.6. The molecule has 0 saturated carbocycles. The van der Waals surface area contributed by atoms with Crippen molar-refractivity contribution in [3.8, 4) is 0 Å². The first-order valence-corrected chi connectivity index (χ1v) is 30.7. The highest BCUT2D eigenvalue weighted by Crippen LogP contribution is 2.16. The minimum atomic E-state index is -0.785. The summed E-state index contributed by atoms with van der Waals surface area (Å²) in [6.45, 7) is 6.52. The van der Waals surface area contributed by atoms with E-state index < -0.39 is 6.10 Å². The minimum absolute atomic E-state index is 0.0818. The Morgan fingerprint density at radius 2 is 0.534 bits per heavy atom. The van der Waals surface area contributed by atoms with E-state index in [0.717, 1.165) is 122 Å². The molecule has 0 radical (unpaired) electrons. The molecule has 0 heterocycles. The molecule has 6 heteroatoms. The summed E-state index contributed by atoms with van der Waals surface area (Å²) in [7, 11) is 0. The van der Waals surface area contributed by atoms with Gasteiger partial charge in [0.25, 0.3) is 0 Å². The third kappa shape index (κ3) is 59.1. The Kier molecular flexibility index (Phi) is 57.8. The Bertz CT molecular complexity index is 1440. The predicted molar refractivity (Wildman–Crippen MR) is 316 cm³/mol. The van der Waals surface area contributed by atoms with Crippen LogP contribution < -0.4 is 0 Å². The van der Waals surface area contributed by atoms with Gasteiger partial charge in [0.2, 0.25) is 0 Å². The number of hydrogen-bond acceptors (Lipinski definition) is 6. The van der Waals surface area contributed by atoms with Crippen LogP contribution in [0.3, 0.4) is 0 Å². The van der Waals surface area contributed by atoms with Gasteiger partial charge in [-0.3, -0.25) is 14.4 Å². The molecule has 0 aromatic rings. The van der Waals surface area contributed by atoms with E-state index in [1.807, 2.05) is 0 Å². The molecule has 73 heavy (non-hydrogen) atoms. The van der Waals surface area contributed by atoms with Crippen molar-refractivity contribution in [3.05, 3.63) is 97.2 Å². The Hall–Kier alpha value is -3.67. The molecule has 0 amide bonds. The Morgan fingerprint density at radius 3 is 0.836 bits per heavy atom. The van der Waals surface area contributed by atoms with Gasteiger partial charge in [0, 0.05) is 19.3 Å². The summed E-state index contributed by atoms with van der Waals surface area (Å²) in [5.74, 6) is -0.900. The lowest BCUT2D eigenvalue weighted by molar-refractivity contribution is -0.167. The van der Waals surface area contributed by atoms with Gasteiger partial charge < -0.3 is 14.2 Å². The zero-order chi connectivity index (χ0) is 52.9. The van der Waals surface area contributed by atoms with E-state index in [1.165, 1.54) is 128 Å². The maximum absolute atomic E-state index is 12.9. The molecule has 0 aliphatic heterocycles. The van der Waals surface area contributed by atoms with Gasteiger partial charge in [-0.15, -0.1) is 0 Å². The lowest BCUT2D eigenvalue weighted by Gasteiger charge is -2.18. The second kappa shape index (κ2) is 60.9. The average molecular weight is 1020 g/mol. The third-order valence-corrected chi connectivity index (χ3v) is 13.1.